The Balaban J connectivity index is 0.922. The molecule has 0 spiro atoms. The van der Waals surface area contributed by atoms with E-state index < -0.39 is 120 Å². The maximum Gasteiger partial charge on any atom is 0.472 e. The summed E-state index contributed by atoms with van der Waals surface area (Å²) < 4.78 is 68.6. The van der Waals surface area contributed by atoms with Gasteiger partial charge in [0.05, 0.1) is 38.8 Å². The van der Waals surface area contributed by atoms with Gasteiger partial charge in [0, 0.05) is 0 Å². The van der Waals surface area contributed by atoms with E-state index in [0.717, 1.165) is 28.1 Å². The smallest absolute Gasteiger partial charge is 0.394 e. The Labute approximate surface area is 358 Å². The van der Waals surface area contributed by atoms with Crippen LogP contribution in [0.3, 0.4) is 0 Å². The highest BCUT2D eigenvalue weighted by Crippen LogP contribution is 2.52. The zero-order valence-electron chi connectivity index (χ0n) is 32.6. The molecule has 2 unspecified atom stereocenters. The lowest BCUT2D eigenvalue weighted by atomic mass is 10.1. The molecule has 0 saturated carbocycles. The summed E-state index contributed by atoms with van der Waals surface area (Å²) in [5.74, 6) is -0.655. The van der Waals surface area contributed by atoms with E-state index in [9.17, 15) is 54.0 Å². The molecule has 9 heterocycles. The van der Waals surface area contributed by atoms with Crippen LogP contribution in [-0.2, 0) is 41.4 Å². The number of nitrogens with one attached hydrogen (secondary N) is 2. The minimum atomic E-state index is -5.39. The molecule has 6 aromatic rings. The first-order chi connectivity index (χ1) is 30.8. The molecule has 0 amide bonds. The van der Waals surface area contributed by atoms with Crippen molar-refractivity contribution in [2.75, 3.05) is 37.0 Å². The van der Waals surface area contributed by atoms with Crippen LogP contribution in [0, 0.1) is 0 Å². The van der Waals surface area contributed by atoms with Crippen molar-refractivity contribution in [1.82, 2.24) is 58.6 Å². The number of anilines is 3. The van der Waals surface area contributed by atoms with Gasteiger partial charge in [0.25, 0.3) is 11.1 Å². The number of rotatable bonds is 14. The molecule has 15 N–H and O–H groups in total. The van der Waals surface area contributed by atoms with Crippen LogP contribution in [0.15, 0.2) is 34.9 Å². The van der Waals surface area contributed by atoms with Crippen molar-refractivity contribution in [3.05, 3.63) is 46.0 Å². The Morgan fingerprint density at radius 1 is 0.615 bits per heavy atom. The summed E-state index contributed by atoms with van der Waals surface area (Å²) in [6.45, 7) is -2.88. The van der Waals surface area contributed by atoms with E-state index in [-0.39, 0.29) is 51.2 Å². The number of aromatic amines is 2. The number of aromatic nitrogens is 12. The number of nitrogen functional groups attached to an aromatic ring is 3. The Bertz CT molecular complexity index is 2980. The summed E-state index contributed by atoms with van der Waals surface area (Å²) >= 11 is 0. The molecule has 33 nitrogen and oxygen atoms in total. The van der Waals surface area contributed by atoms with Gasteiger partial charge in [-0.15, -0.1) is 0 Å². The quantitative estimate of drug-likeness (QED) is 0.0455. The van der Waals surface area contributed by atoms with Crippen LogP contribution in [0.5, 0.6) is 0 Å². The Morgan fingerprint density at radius 2 is 1.06 bits per heavy atom. The van der Waals surface area contributed by atoms with Gasteiger partial charge in [-0.25, -0.2) is 34.0 Å². The number of nitrogens with two attached hydrogens (primary N) is 3. The number of ether oxygens (including phenoxy) is 3. The summed E-state index contributed by atoms with van der Waals surface area (Å²) in [6, 6.07) is 0. The molecule has 0 aromatic carbocycles. The van der Waals surface area contributed by atoms with Crippen LogP contribution in [0.25, 0.3) is 33.5 Å². The Morgan fingerprint density at radius 3 is 1.60 bits per heavy atom. The second-order valence-corrected chi connectivity index (χ2v) is 17.5. The van der Waals surface area contributed by atoms with Crippen molar-refractivity contribution in [1.29, 1.82) is 0 Å². The summed E-state index contributed by atoms with van der Waals surface area (Å²) in [7, 11) is -10.8. The predicted molar refractivity (Wildman–Crippen MR) is 209 cm³/mol. The number of hydrogen-bond donors (Lipinski definition) is 12. The lowest BCUT2D eigenvalue weighted by molar-refractivity contribution is -0.0618. The van der Waals surface area contributed by atoms with Crippen LogP contribution in [0.1, 0.15) is 18.7 Å². The molecular weight excluding hydrogens is 920 g/mol. The third kappa shape index (κ3) is 8.15. The monoisotopic (exact) mass is 957 g/mol. The second kappa shape index (κ2) is 16.8. The minimum Gasteiger partial charge on any atom is -0.394 e. The van der Waals surface area contributed by atoms with Crippen molar-refractivity contribution in [2.45, 2.75) is 73.6 Å². The Kier molecular flexibility index (Phi) is 11.5. The van der Waals surface area contributed by atoms with Crippen molar-refractivity contribution in [2.24, 2.45) is 0 Å². The molecule has 3 aliphatic heterocycles. The zero-order valence-corrected chi connectivity index (χ0v) is 34.4. The van der Waals surface area contributed by atoms with Crippen LogP contribution >= 0.6 is 15.6 Å². The van der Waals surface area contributed by atoms with Gasteiger partial charge in [0.2, 0.25) is 11.9 Å². The highest BCUT2D eigenvalue weighted by molar-refractivity contribution is 7.47. The van der Waals surface area contributed by atoms with E-state index in [1.165, 1.54) is 10.9 Å². The SMILES string of the molecule is Nc1nc2c(ncn2[C@@H]2O[C@H](CO)[C@@H](OP(=O)(O)OC[C@H]3O[C@@H](n4cnc5c(=O)[nH]c(N)nc54)[C@H](O)[C@@H]3OP(=O)(O)OC[C@H]3O[C@@H](n4cnc5c(N)ncnc54)[C@H](O)[C@@H]3O)[C@H]2O)c(=O)[nH]1. The largest absolute Gasteiger partial charge is 0.472 e. The van der Waals surface area contributed by atoms with E-state index in [0.29, 0.717) is 0 Å². The average Bonchev–Trinajstić information content (AvgIpc) is 4.11. The van der Waals surface area contributed by atoms with E-state index in [2.05, 4.69) is 44.9 Å². The number of phosphoric acid groups is 2. The first-order valence-electron chi connectivity index (χ1n) is 18.8. The molecule has 0 radical (unpaired) electrons. The molecule has 14 atom stereocenters. The van der Waals surface area contributed by atoms with Crippen LogP contribution in [0.2, 0.25) is 0 Å². The summed E-state index contributed by atoms with van der Waals surface area (Å²) in [5, 5.41) is 54.4. The van der Waals surface area contributed by atoms with E-state index in [4.69, 9.17) is 49.5 Å². The van der Waals surface area contributed by atoms with Crippen LogP contribution in [0.4, 0.5) is 17.7 Å². The highest BCUT2D eigenvalue weighted by atomic mass is 31.2. The lowest BCUT2D eigenvalue weighted by Gasteiger charge is -2.25. The third-order valence-corrected chi connectivity index (χ3v) is 12.5. The normalized spacial score (nSPS) is 31.3. The van der Waals surface area contributed by atoms with Gasteiger partial charge in [-0.3, -0.25) is 51.4 Å². The highest BCUT2D eigenvalue weighted by Gasteiger charge is 2.53. The van der Waals surface area contributed by atoms with Gasteiger partial charge in [-0.1, -0.05) is 0 Å². The summed E-state index contributed by atoms with van der Waals surface area (Å²) in [5.41, 5.74) is 15.2. The van der Waals surface area contributed by atoms with Gasteiger partial charge in [-0.05, 0) is 0 Å². The molecule has 3 aliphatic rings. The average molecular weight is 958 g/mol. The van der Waals surface area contributed by atoms with Crippen LogP contribution < -0.4 is 28.3 Å². The number of hydrogen-bond acceptors (Lipinski definition) is 26. The summed E-state index contributed by atoms with van der Waals surface area (Å²) in [4.78, 5) is 79.0. The first-order valence-corrected chi connectivity index (χ1v) is 21.8. The molecule has 3 saturated heterocycles. The molecule has 6 aromatic heterocycles. The second-order valence-electron chi connectivity index (χ2n) is 14.6. The number of fused-ring (bicyclic) bond motifs is 3. The van der Waals surface area contributed by atoms with Crippen LogP contribution in [-0.4, -0.2) is 169 Å². The lowest BCUT2D eigenvalue weighted by Crippen LogP contribution is -2.37. The maximum atomic E-state index is 13.5. The van der Waals surface area contributed by atoms with E-state index in [1.54, 1.807) is 0 Å². The molecule has 9 rings (SSSR count). The molecule has 3 fully saturated rings. The van der Waals surface area contributed by atoms with Crippen molar-refractivity contribution in [3.63, 3.8) is 0 Å². The fourth-order valence-corrected chi connectivity index (χ4v) is 9.48. The number of H-pyrrole nitrogens is 2. The van der Waals surface area contributed by atoms with E-state index in [1.807, 2.05) is 0 Å². The first kappa shape index (κ1) is 44.7. The molecular formula is C30H37N15O18P2. The predicted octanol–water partition coefficient (Wildman–Crippen LogP) is -5.03. The van der Waals surface area contributed by atoms with Crippen molar-refractivity contribution < 1.29 is 76.8 Å². The number of imidazole rings is 3. The minimum absolute atomic E-state index is 0.0185. The number of phosphoric ester groups is 2. The standard InChI is InChI=1S/C30H37N15O18P2/c31-20-11-21(35-4-34-20)43(5-36-11)26-15(48)14(47)9(60-26)2-57-64(53,54)63-19-10(61-28(17(19)50)45-7-38-13-23(45)40-30(33)42-25(13)52)3-58-65(55,56)62-18-8(1-46)59-27(16(18)49)44-6-37-12-22(44)39-29(32)41-24(12)51/h4-10,14-19,26-28,46-50H,1-3H2,(H,53,54)(H,55,56)(H2,31,34,35)(H3,32,39,41,51)(H3,33,40,42,52)/t8-,9-,10-,14-,15-,16-,17-,18-,19-,26-,27-,28-/m1/s1. The van der Waals surface area contributed by atoms with E-state index >= 15 is 0 Å². The van der Waals surface area contributed by atoms with Crippen molar-refractivity contribution >= 4 is 66.9 Å². The Hall–Kier alpha value is -5.45. The molecule has 0 aliphatic carbocycles. The molecule has 35 heteroatoms. The fraction of sp³-hybridized carbons (Fsp3) is 0.500. The zero-order chi connectivity index (χ0) is 46.3. The number of aliphatic hydroxyl groups is 5. The topological polar surface area (TPSA) is 489 Å². The van der Waals surface area contributed by atoms with Gasteiger partial charge in [0.1, 0.15) is 66.8 Å². The maximum absolute atomic E-state index is 13.5. The number of aliphatic hydroxyl groups excluding tert-OH is 5. The van der Waals surface area contributed by atoms with Gasteiger partial charge in [-0.2, -0.15) is 9.97 Å². The van der Waals surface area contributed by atoms with Crippen molar-refractivity contribution in [3.8, 4) is 0 Å². The third-order valence-electron chi connectivity index (χ3n) is 10.6. The molecule has 0 bridgehead atoms. The number of nitrogens with zero attached hydrogens (tertiary/aromatic N) is 10. The molecule has 350 valence electrons. The summed E-state index contributed by atoms with van der Waals surface area (Å²) in [6.07, 6.45) is -15.9. The molecule has 65 heavy (non-hydrogen) atoms. The van der Waals surface area contributed by atoms with Gasteiger partial charge < -0.3 is 66.7 Å². The fourth-order valence-electron chi connectivity index (χ4n) is 7.56. The van der Waals surface area contributed by atoms with Gasteiger partial charge >= 0.3 is 15.6 Å². The van der Waals surface area contributed by atoms with Gasteiger partial charge in [0.15, 0.2) is 52.5 Å².